The van der Waals surface area contributed by atoms with Crippen molar-refractivity contribution in [3.8, 4) is 5.75 Å². The molecule has 0 unspecified atom stereocenters. The number of amides is 1. The maximum absolute atomic E-state index is 12.2. The summed E-state index contributed by atoms with van der Waals surface area (Å²) >= 11 is 0. The summed E-state index contributed by atoms with van der Waals surface area (Å²) in [6.07, 6.45) is 1.48. The summed E-state index contributed by atoms with van der Waals surface area (Å²) in [5.74, 6) is 0.552. The second-order valence-corrected chi connectivity index (χ2v) is 5.57. The molecule has 114 valence electrons. The van der Waals surface area contributed by atoms with E-state index in [0.29, 0.717) is 5.57 Å². The van der Waals surface area contributed by atoms with E-state index < -0.39 is 0 Å². The summed E-state index contributed by atoms with van der Waals surface area (Å²) in [5, 5.41) is 2.88. The summed E-state index contributed by atoms with van der Waals surface area (Å²) in [7, 11) is 0. The first kappa shape index (κ1) is 15.8. The SMILES string of the molecule is C/C(=C\Oc1cccc(C)c1)C(=O)Nc1cc(C)cc(C)c1. The predicted molar refractivity (Wildman–Crippen MR) is 90.1 cm³/mol. The van der Waals surface area contributed by atoms with Gasteiger partial charge in [0, 0.05) is 11.3 Å². The van der Waals surface area contributed by atoms with Crippen LogP contribution < -0.4 is 10.1 Å². The number of rotatable bonds is 4. The minimum Gasteiger partial charge on any atom is -0.465 e. The quantitative estimate of drug-likeness (QED) is 0.664. The van der Waals surface area contributed by atoms with Crippen LogP contribution in [0.2, 0.25) is 0 Å². The molecule has 1 amide bonds. The van der Waals surface area contributed by atoms with Crippen LogP contribution in [0.3, 0.4) is 0 Å². The molecule has 0 saturated carbocycles. The molecule has 0 fully saturated rings. The molecule has 0 saturated heterocycles. The summed E-state index contributed by atoms with van der Waals surface area (Å²) < 4.78 is 5.53. The van der Waals surface area contributed by atoms with E-state index in [1.807, 2.05) is 57.2 Å². The molecule has 1 N–H and O–H groups in total. The van der Waals surface area contributed by atoms with Gasteiger partial charge in [-0.2, -0.15) is 0 Å². The van der Waals surface area contributed by atoms with E-state index >= 15 is 0 Å². The summed E-state index contributed by atoms with van der Waals surface area (Å²) in [6.45, 7) is 7.74. The Morgan fingerprint density at radius 3 is 2.32 bits per heavy atom. The Balaban J connectivity index is 2.03. The van der Waals surface area contributed by atoms with Crippen LogP contribution in [0, 0.1) is 20.8 Å². The third-order valence-electron chi connectivity index (χ3n) is 3.20. The lowest BCUT2D eigenvalue weighted by atomic mass is 10.1. The molecule has 0 aromatic heterocycles. The second kappa shape index (κ2) is 6.94. The Morgan fingerprint density at radius 1 is 1.00 bits per heavy atom. The lowest BCUT2D eigenvalue weighted by Crippen LogP contribution is -2.13. The van der Waals surface area contributed by atoms with Gasteiger partial charge in [0.05, 0.1) is 6.26 Å². The standard InChI is InChI=1S/C19H21NO2/c1-13-6-5-7-18(11-13)22-12-16(4)19(21)20-17-9-14(2)8-15(3)10-17/h5-12H,1-4H3,(H,20,21)/b16-12+. The lowest BCUT2D eigenvalue weighted by Gasteiger charge is -2.08. The maximum atomic E-state index is 12.2. The molecule has 0 aliphatic rings. The van der Waals surface area contributed by atoms with Crippen molar-refractivity contribution in [2.75, 3.05) is 5.32 Å². The van der Waals surface area contributed by atoms with E-state index in [0.717, 1.165) is 28.1 Å². The van der Waals surface area contributed by atoms with Gasteiger partial charge in [0.15, 0.2) is 0 Å². The Morgan fingerprint density at radius 2 is 1.68 bits per heavy atom. The van der Waals surface area contributed by atoms with Crippen molar-refractivity contribution < 1.29 is 9.53 Å². The molecule has 3 nitrogen and oxygen atoms in total. The molecule has 0 spiro atoms. The van der Waals surface area contributed by atoms with Crippen LogP contribution in [-0.2, 0) is 4.79 Å². The Kier molecular flexibility index (Phi) is 4.99. The summed E-state index contributed by atoms with van der Waals surface area (Å²) in [6, 6.07) is 13.7. The van der Waals surface area contributed by atoms with Gasteiger partial charge in [0.2, 0.25) is 0 Å². The van der Waals surface area contributed by atoms with Crippen LogP contribution in [0.5, 0.6) is 5.75 Å². The van der Waals surface area contributed by atoms with E-state index in [4.69, 9.17) is 4.74 Å². The largest absolute Gasteiger partial charge is 0.465 e. The van der Waals surface area contributed by atoms with Crippen LogP contribution >= 0.6 is 0 Å². The molecular weight excluding hydrogens is 274 g/mol. The number of carbonyl (C=O) groups excluding carboxylic acids is 1. The summed E-state index contributed by atoms with van der Waals surface area (Å²) in [4.78, 5) is 12.2. The zero-order chi connectivity index (χ0) is 16.1. The lowest BCUT2D eigenvalue weighted by molar-refractivity contribution is -0.112. The molecule has 0 aliphatic carbocycles. The Hall–Kier alpha value is -2.55. The van der Waals surface area contributed by atoms with Crippen molar-refractivity contribution >= 4 is 11.6 Å². The fourth-order valence-electron chi connectivity index (χ4n) is 2.18. The third kappa shape index (κ3) is 4.48. The number of carbonyl (C=O) groups is 1. The van der Waals surface area contributed by atoms with Crippen LogP contribution in [0.4, 0.5) is 5.69 Å². The van der Waals surface area contributed by atoms with Crippen molar-refractivity contribution in [1.29, 1.82) is 0 Å². The molecule has 22 heavy (non-hydrogen) atoms. The first-order chi connectivity index (χ1) is 10.4. The minimum absolute atomic E-state index is 0.169. The summed E-state index contributed by atoms with van der Waals surface area (Å²) in [5.41, 5.74) is 4.66. The molecule has 0 atom stereocenters. The van der Waals surface area contributed by atoms with Gasteiger partial charge in [-0.25, -0.2) is 0 Å². The van der Waals surface area contributed by atoms with Gasteiger partial charge in [0.1, 0.15) is 5.75 Å². The van der Waals surface area contributed by atoms with Crippen LogP contribution in [-0.4, -0.2) is 5.91 Å². The Bertz CT molecular complexity index is 697. The van der Waals surface area contributed by atoms with Gasteiger partial charge in [-0.05, 0) is 68.7 Å². The van der Waals surface area contributed by atoms with Crippen molar-refractivity contribution in [1.82, 2.24) is 0 Å². The zero-order valence-electron chi connectivity index (χ0n) is 13.4. The maximum Gasteiger partial charge on any atom is 0.254 e. The van der Waals surface area contributed by atoms with Gasteiger partial charge in [0.25, 0.3) is 5.91 Å². The number of hydrogen-bond donors (Lipinski definition) is 1. The van der Waals surface area contributed by atoms with E-state index in [1.165, 1.54) is 6.26 Å². The molecule has 0 bridgehead atoms. The molecule has 0 aliphatic heterocycles. The van der Waals surface area contributed by atoms with E-state index in [1.54, 1.807) is 6.92 Å². The molecule has 2 rings (SSSR count). The van der Waals surface area contributed by atoms with Crippen LogP contribution in [0.15, 0.2) is 54.3 Å². The number of anilines is 1. The van der Waals surface area contributed by atoms with Crippen LogP contribution in [0.1, 0.15) is 23.6 Å². The fourth-order valence-corrected chi connectivity index (χ4v) is 2.18. The number of nitrogens with one attached hydrogen (secondary N) is 1. The molecule has 0 heterocycles. The average Bonchev–Trinajstić information content (AvgIpc) is 2.43. The zero-order valence-corrected chi connectivity index (χ0v) is 13.4. The molecule has 2 aromatic carbocycles. The van der Waals surface area contributed by atoms with Gasteiger partial charge < -0.3 is 10.1 Å². The van der Waals surface area contributed by atoms with E-state index in [2.05, 4.69) is 11.4 Å². The topological polar surface area (TPSA) is 38.3 Å². The predicted octanol–water partition coefficient (Wildman–Crippen LogP) is 4.53. The van der Waals surface area contributed by atoms with Crippen molar-refractivity contribution in [2.24, 2.45) is 0 Å². The monoisotopic (exact) mass is 295 g/mol. The minimum atomic E-state index is -0.169. The fraction of sp³-hybridized carbons (Fsp3) is 0.211. The second-order valence-electron chi connectivity index (χ2n) is 5.57. The van der Waals surface area contributed by atoms with Gasteiger partial charge in [-0.1, -0.05) is 18.2 Å². The van der Waals surface area contributed by atoms with Gasteiger partial charge >= 0.3 is 0 Å². The highest BCUT2D eigenvalue weighted by atomic mass is 16.5. The first-order valence-electron chi connectivity index (χ1n) is 7.24. The number of hydrogen-bond acceptors (Lipinski definition) is 2. The highest BCUT2D eigenvalue weighted by Gasteiger charge is 2.06. The van der Waals surface area contributed by atoms with E-state index in [-0.39, 0.29) is 5.91 Å². The smallest absolute Gasteiger partial charge is 0.254 e. The number of ether oxygens (including phenoxy) is 1. The van der Waals surface area contributed by atoms with Gasteiger partial charge in [-0.15, -0.1) is 0 Å². The molecule has 2 aromatic rings. The Labute approximate surface area is 131 Å². The first-order valence-corrected chi connectivity index (χ1v) is 7.24. The molecule has 3 heteroatoms. The average molecular weight is 295 g/mol. The number of benzene rings is 2. The van der Waals surface area contributed by atoms with Crippen molar-refractivity contribution in [3.63, 3.8) is 0 Å². The van der Waals surface area contributed by atoms with Crippen LogP contribution in [0.25, 0.3) is 0 Å². The normalized spacial score (nSPS) is 11.2. The van der Waals surface area contributed by atoms with Gasteiger partial charge in [-0.3, -0.25) is 4.79 Å². The molecular formula is C19H21NO2. The van der Waals surface area contributed by atoms with E-state index in [9.17, 15) is 4.79 Å². The third-order valence-corrected chi connectivity index (χ3v) is 3.20. The number of aryl methyl sites for hydroxylation is 3. The van der Waals surface area contributed by atoms with Crippen molar-refractivity contribution in [3.05, 3.63) is 71.0 Å². The van der Waals surface area contributed by atoms with Crippen molar-refractivity contribution in [2.45, 2.75) is 27.7 Å². The molecule has 0 radical (unpaired) electrons. The highest BCUT2D eigenvalue weighted by molar-refractivity contribution is 6.03. The highest BCUT2D eigenvalue weighted by Crippen LogP contribution is 2.16.